The lowest BCUT2D eigenvalue weighted by atomic mass is 10.0. The lowest BCUT2D eigenvalue weighted by Crippen LogP contribution is -2.22. The molecule has 0 aliphatic rings. The molecule has 21 heavy (non-hydrogen) atoms. The van der Waals surface area contributed by atoms with Gasteiger partial charge in [-0.25, -0.2) is 13.2 Å². The van der Waals surface area contributed by atoms with Crippen molar-refractivity contribution in [3.8, 4) is 11.1 Å². The van der Waals surface area contributed by atoms with E-state index in [1.54, 1.807) is 0 Å². The van der Waals surface area contributed by atoms with E-state index in [0.29, 0.717) is 12.1 Å². The number of halogens is 6. The highest BCUT2D eigenvalue weighted by atomic mass is 19.4. The molecule has 0 radical (unpaired) electrons. The first-order chi connectivity index (χ1) is 9.70. The molecule has 2 rings (SSSR count). The minimum atomic E-state index is -5.00. The summed E-state index contributed by atoms with van der Waals surface area (Å²) < 4.78 is 75.6. The van der Waals surface area contributed by atoms with Crippen LogP contribution < -0.4 is 0 Å². The zero-order valence-electron chi connectivity index (χ0n) is 10.1. The van der Waals surface area contributed by atoms with Crippen molar-refractivity contribution in [2.24, 2.45) is 0 Å². The van der Waals surface area contributed by atoms with Gasteiger partial charge in [0.05, 0.1) is 0 Å². The quantitative estimate of drug-likeness (QED) is 0.453. The van der Waals surface area contributed by atoms with Crippen molar-refractivity contribution in [2.45, 2.75) is 6.18 Å². The summed E-state index contributed by atoms with van der Waals surface area (Å²) >= 11 is 0. The second-order valence-electron chi connectivity index (χ2n) is 4.16. The second-order valence-corrected chi connectivity index (χ2v) is 4.16. The molecule has 2 aromatic rings. The van der Waals surface area contributed by atoms with Crippen LogP contribution in [0, 0.1) is 17.5 Å². The Labute approximate surface area is 114 Å². The molecule has 0 heterocycles. The van der Waals surface area contributed by atoms with Crippen LogP contribution in [-0.2, 0) is 0 Å². The topological polar surface area (TPSA) is 17.1 Å². The van der Waals surface area contributed by atoms with Gasteiger partial charge in [0.2, 0.25) is 0 Å². The van der Waals surface area contributed by atoms with E-state index in [4.69, 9.17) is 0 Å². The first-order valence-corrected chi connectivity index (χ1v) is 5.56. The van der Waals surface area contributed by atoms with Gasteiger partial charge in [-0.05, 0) is 23.3 Å². The maximum absolute atomic E-state index is 13.1. The van der Waals surface area contributed by atoms with Crippen LogP contribution in [0.25, 0.3) is 11.1 Å². The molecule has 7 heteroatoms. The predicted molar refractivity (Wildman–Crippen MR) is 62.1 cm³/mol. The van der Waals surface area contributed by atoms with E-state index in [1.807, 2.05) is 0 Å². The summed E-state index contributed by atoms with van der Waals surface area (Å²) in [4.78, 5) is 11.0. The number of ketones is 1. The largest absolute Gasteiger partial charge is 0.454 e. The zero-order chi connectivity index (χ0) is 15.8. The van der Waals surface area contributed by atoms with Crippen molar-refractivity contribution in [3.05, 3.63) is 59.4 Å². The fraction of sp³-hybridized carbons (Fsp3) is 0.0714. The highest BCUT2D eigenvalue weighted by Crippen LogP contribution is 2.26. The summed E-state index contributed by atoms with van der Waals surface area (Å²) in [6.07, 6.45) is -5.00. The van der Waals surface area contributed by atoms with E-state index in [2.05, 4.69) is 0 Å². The summed E-state index contributed by atoms with van der Waals surface area (Å²) in [5, 5.41) is 0. The number of benzene rings is 2. The van der Waals surface area contributed by atoms with Crippen molar-refractivity contribution in [3.63, 3.8) is 0 Å². The lowest BCUT2D eigenvalue weighted by Gasteiger charge is -2.07. The zero-order valence-corrected chi connectivity index (χ0v) is 10.1. The van der Waals surface area contributed by atoms with E-state index in [1.165, 1.54) is 0 Å². The predicted octanol–water partition coefficient (Wildman–Crippen LogP) is 4.52. The SMILES string of the molecule is O=C(c1ccc(-c2cc(F)c(F)c(F)c2)cc1)C(F)(F)F. The molecule has 2 aromatic carbocycles. The first-order valence-electron chi connectivity index (χ1n) is 5.56. The minimum Gasteiger partial charge on any atom is -0.284 e. The molecule has 0 atom stereocenters. The molecular formula is C14H6F6O. The van der Waals surface area contributed by atoms with Crippen LogP contribution in [0.1, 0.15) is 10.4 Å². The number of carbonyl (C=O) groups excluding carboxylic acids is 1. The van der Waals surface area contributed by atoms with Crippen LogP contribution in [0.5, 0.6) is 0 Å². The molecule has 0 fully saturated rings. The van der Waals surface area contributed by atoms with Crippen LogP contribution in [0.4, 0.5) is 26.3 Å². The molecule has 0 bridgehead atoms. The molecule has 0 N–H and O–H groups in total. The third-order valence-corrected chi connectivity index (χ3v) is 2.72. The van der Waals surface area contributed by atoms with Gasteiger partial charge < -0.3 is 0 Å². The molecule has 1 nitrogen and oxygen atoms in total. The standard InChI is InChI=1S/C14H6F6O/c15-10-5-9(6-11(16)12(10)17)7-1-3-8(4-2-7)13(21)14(18,19)20/h1-6H. The Morgan fingerprint density at radius 3 is 1.71 bits per heavy atom. The van der Waals surface area contributed by atoms with Gasteiger partial charge in [0.1, 0.15) is 0 Å². The summed E-state index contributed by atoms with van der Waals surface area (Å²) in [5.74, 6) is -6.49. The van der Waals surface area contributed by atoms with E-state index < -0.39 is 35.0 Å². The Balaban J connectivity index is 2.38. The molecule has 0 spiro atoms. The average Bonchev–Trinajstić information content (AvgIpc) is 2.42. The molecular weight excluding hydrogens is 298 g/mol. The van der Waals surface area contributed by atoms with Crippen molar-refractivity contribution >= 4 is 5.78 Å². The van der Waals surface area contributed by atoms with Gasteiger partial charge in [0, 0.05) is 5.56 Å². The third-order valence-electron chi connectivity index (χ3n) is 2.72. The number of Topliss-reactive ketones (excluding diaryl/α,β-unsaturated/α-hetero) is 1. The summed E-state index contributed by atoms with van der Waals surface area (Å²) in [6.45, 7) is 0. The van der Waals surface area contributed by atoms with E-state index in [-0.39, 0.29) is 11.1 Å². The molecule has 0 aromatic heterocycles. The van der Waals surface area contributed by atoms with E-state index in [9.17, 15) is 31.1 Å². The van der Waals surface area contributed by atoms with E-state index >= 15 is 0 Å². The lowest BCUT2D eigenvalue weighted by molar-refractivity contribution is -0.0885. The fourth-order valence-corrected chi connectivity index (χ4v) is 1.70. The maximum atomic E-state index is 13.1. The minimum absolute atomic E-state index is 0.0580. The van der Waals surface area contributed by atoms with Crippen molar-refractivity contribution in [1.82, 2.24) is 0 Å². The van der Waals surface area contributed by atoms with Gasteiger partial charge in [0.25, 0.3) is 5.78 Å². The monoisotopic (exact) mass is 304 g/mol. The van der Waals surface area contributed by atoms with Gasteiger partial charge in [0.15, 0.2) is 17.5 Å². The molecule has 110 valence electrons. The maximum Gasteiger partial charge on any atom is 0.454 e. The van der Waals surface area contributed by atoms with Crippen LogP contribution in [0.3, 0.4) is 0 Å². The highest BCUT2D eigenvalue weighted by molar-refractivity contribution is 6.00. The number of hydrogen-bond acceptors (Lipinski definition) is 1. The molecule has 0 amide bonds. The fourth-order valence-electron chi connectivity index (χ4n) is 1.70. The third kappa shape index (κ3) is 3.07. The number of rotatable bonds is 2. The van der Waals surface area contributed by atoms with Crippen LogP contribution in [0.2, 0.25) is 0 Å². The highest BCUT2D eigenvalue weighted by Gasteiger charge is 2.39. The Hall–Kier alpha value is -2.31. The van der Waals surface area contributed by atoms with E-state index in [0.717, 1.165) is 24.3 Å². The van der Waals surface area contributed by atoms with Crippen molar-refractivity contribution < 1.29 is 31.1 Å². The number of hydrogen-bond donors (Lipinski definition) is 0. The molecule has 0 saturated heterocycles. The smallest absolute Gasteiger partial charge is 0.284 e. The molecule has 0 unspecified atom stereocenters. The van der Waals surface area contributed by atoms with Crippen LogP contribution >= 0.6 is 0 Å². The Bertz CT molecular complexity index is 665. The van der Waals surface area contributed by atoms with Gasteiger partial charge in [-0.3, -0.25) is 4.79 Å². The van der Waals surface area contributed by atoms with Crippen molar-refractivity contribution in [1.29, 1.82) is 0 Å². The summed E-state index contributed by atoms with van der Waals surface area (Å²) in [5.41, 5.74) is -0.516. The van der Waals surface area contributed by atoms with Crippen LogP contribution in [-0.4, -0.2) is 12.0 Å². The summed E-state index contributed by atoms with van der Waals surface area (Å²) in [7, 11) is 0. The van der Waals surface area contributed by atoms with Gasteiger partial charge in [-0.1, -0.05) is 24.3 Å². The molecule has 0 saturated carbocycles. The summed E-state index contributed by atoms with van der Waals surface area (Å²) in [6, 6.07) is 5.35. The first kappa shape index (κ1) is 15.1. The van der Waals surface area contributed by atoms with Crippen LogP contribution in [0.15, 0.2) is 36.4 Å². The normalized spacial score (nSPS) is 11.5. The molecule has 0 aliphatic heterocycles. The Kier molecular flexibility index (Phi) is 3.76. The average molecular weight is 304 g/mol. The van der Waals surface area contributed by atoms with Gasteiger partial charge in [-0.2, -0.15) is 13.2 Å². The number of carbonyl (C=O) groups is 1. The van der Waals surface area contributed by atoms with Gasteiger partial charge >= 0.3 is 6.18 Å². The molecule has 0 aliphatic carbocycles. The van der Waals surface area contributed by atoms with Gasteiger partial charge in [-0.15, -0.1) is 0 Å². The second kappa shape index (κ2) is 5.23. The van der Waals surface area contributed by atoms with Crippen molar-refractivity contribution in [2.75, 3.05) is 0 Å². The number of alkyl halides is 3. The Morgan fingerprint density at radius 1 is 0.810 bits per heavy atom. The Morgan fingerprint density at radius 2 is 1.29 bits per heavy atom.